The van der Waals surface area contributed by atoms with Gasteiger partial charge in [0, 0.05) is 18.2 Å². The lowest BCUT2D eigenvalue weighted by atomic mass is 9.76. The van der Waals surface area contributed by atoms with Gasteiger partial charge in [-0.2, -0.15) is 0 Å². The quantitative estimate of drug-likeness (QED) is 0.650. The number of benzene rings is 3. The lowest BCUT2D eigenvalue weighted by Crippen LogP contribution is -2.43. The van der Waals surface area contributed by atoms with Crippen LogP contribution in [0.3, 0.4) is 0 Å². The standard InChI is InChI=1S/C21H17NO3.C2H6.CH4/c1-22-20(25)16-6-2-3-7-17(16)21(22,14-10-12-15(23)13-11-14)18-8-4-5-9-19(18)24;1-2;/h2-13,23-24H,1H3;1-2H3;1H4. The molecule has 3 aromatic rings. The molecule has 0 bridgehead atoms. The van der Waals surface area contributed by atoms with E-state index in [-0.39, 0.29) is 24.8 Å². The van der Waals surface area contributed by atoms with Crippen molar-refractivity contribution in [2.24, 2.45) is 0 Å². The summed E-state index contributed by atoms with van der Waals surface area (Å²) in [4.78, 5) is 14.6. The maximum absolute atomic E-state index is 12.9. The third-order valence-corrected chi connectivity index (χ3v) is 4.93. The minimum atomic E-state index is -0.952. The number of para-hydroxylation sites is 1. The van der Waals surface area contributed by atoms with Gasteiger partial charge in [-0.1, -0.05) is 69.8 Å². The van der Waals surface area contributed by atoms with Crippen LogP contribution >= 0.6 is 0 Å². The van der Waals surface area contributed by atoms with E-state index in [9.17, 15) is 15.0 Å². The van der Waals surface area contributed by atoms with Crippen LogP contribution in [0.15, 0.2) is 72.8 Å². The molecule has 0 saturated heterocycles. The summed E-state index contributed by atoms with van der Waals surface area (Å²) in [5, 5.41) is 20.3. The average Bonchev–Trinajstić information content (AvgIpc) is 2.93. The van der Waals surface area contributed by atoms with Crippen molar-refractivity contribution >= 4 is 5.91 Å². The first kappa shape index (κ1) is 21.0. The van der Waals surface area contributed by atoms with Crippen molar-refractivity contribution in [3.05, 3.63) is 95.1 Å². The fourth-order valence-electron chi connectivity index (χ4n) is 3.81. The molecule has 0 spiro atoms. The van der Waals surface area contributed by atoms with Gasteiger partial charge in [0.05, 0.1) is 0 Å². The first-order chi connectivity index (χ1) is 13.1. The highest BCUT2D eigenvalue weighted by molar-refractivity contribution is 6.01. The van der Waals surface area contributed by atoms with Crippen LogP contribution in [0.4, 0.5) is 0 Å². The van der Waals surface area contributed by atoms with Crippen LogP contribution in [0.2, 0.25) is 0 Å². The van der Waals surface area contributed by atoms with E-state index in [1.165, 1.54) is 0 Å². The molecule has 1 aliphatic heterocycles. The van der Waals surface area contributed by atoms with Crippen LogP contribution in [0, 0.1) is 0 Å². The topological polar surface area (TPSA) is 60.8 Å². The molecular formula is C24H27NO3. The Balaban J connectivity index is 0.000000906. The third kappa shape index (κ3) is 2.91. The fourth-order valence-corrected chi connectivity index (χ4v) is 3.81. The van der Waals surface area contributed by atoms with Gasteiger partial charge in [-0.05, 0) is 35.4 Å². The highest BCUT2D eigenvalue weighted by atomic mass is 16.3. The fraction of sp³-hybridized carbons (Fsp3) is 0.208. The van der Waals surface area contributed by atoms with Crippen LogP contribution in [0.5, 0.6) is 11.5 Å². The molecule has 0 radical (unpaired) electrons. The Morgan fingerprint density at radius 1 is 0.786 bits per heavy atom. The van der Waals surface area contributed by atoms with Gasteiger partial charge in [0.15, 0.2) is 0 Å². The zero-order valence-corrected chi connectivity index (χ0v) is 15.7. The lowest BCUT2D eigenvalue weighted by molar-refractivity contribution is 0.0734. The average molecular weight is 377 g/mol. The Kier molecular flexibility index (Phi) is 6.14. The maximum Gasteiger partial charge on any atom is 0.255 e. The summed E-state index contributed by atoms with van der Waals surface area (Å²) in [6, 6.07) is 21.2. The van der Waals surface area contributed by atoms with Crippen LogP contribution in [-0.4, -0.2) is 28.1 Å². The minimum Gasteiger partial charge on any atom is -0.508 e. The van der Waals surface area contributed by atoms with Crippen molar-refractivity contribution in [1.29, 1.82) is 0 Å². The zero-order chi connectivity index (χ0) is 19.6. The number of carbonyl (C=O) groups is 1. The molecule has 1 atom stereocenters. The number of carbonyl (C=O) groups excluding carboxylic acids is 1. The third-order valence-electron chi connectivity index (χ3n) is 4.93. The van der Waals surface area contributed by atoms with Crippen molar-refractivity contribution in [3.8, 4) is 11.5 Å². The number of hydrogen-bond donors (Lipinski definition) is 2. The second-order valence-corrected chi connectivity index (χ2v) is 6.18. The van der Waals surface area contributed by atoms with Crippen molar-refractivity contribution in [3.63, 3.8) is 0 Å². The SMILES string of the molecule is C.CC.CN1C(=O)c2ccccc2C1(c1ccc(O)cc1)c1ccccc1O. The normalized spacial score (nSPS) is 17.2. The Labute approximate surface area is 166 Å². The molecule has 1 aliphatic rings. The number of fused-ring (bicyclic) bond motifs is 1. The van der Waals surface area contributed by atoms with E-state index in [2.05, 4.69) is 0 Å². The van der Waals surface area contributed by atoms with E-state index in [0.717, 1.165) is 11.1 Å². The second-order valence-electron chi connectivity index (χ2n) is 6.18. The highest BCUT2D eigenvalue weighted by Crippen LogP contribution is 2.50. The minimum absolute atomic E-state index is 0. The molecule has 4 heteroatoms. The molecule has 0 fully saturated rings. The summed E-state index contributed by atoms with van der Waals surface area (Å²) in [6.07, 6.45) is 0. The summed E-state index contributed by atoms with van der Waals surface area (Å²) >= 11 is 0. The molecule has 3 aromatic carbocycles. The summed E-state index contributed by atoms with van der Waals surface area (Å²) in [7, 11) is 1.74. The van der Waals surface area contributed by atoms with E-state index < -0.39 is 5.54 Å². The predicted molar refractivity (Wildman–Crippen MR) is 113 cm³/mol. The van der Waals surface area contributed by atoms with Crippen LogP contribution < -0.4 is 0 Å². The molecular weight excluding hydrogens is 350 g/mol. The summed E-state index contributed by atoms with van der Waals surface area (Å²) in [6.45, 7) is 4.00. The summed E-state index contributed by atoms with van der Waals surface area (Å²) in [5.41, 5.74) is 1.90. The second kappa shape index (κ2) is 8.17. The summed E-state index contributed by atoms with van der Waals surface area (Å²) < 4.78 is 0. The van der Waals surface area contributed by atoms with Gasteiger partial charge in [-0.3, -0.25) is 4.79 Å². The number of nitrogens with zero attached hydrogens (tertiary/aromatic N) is 1. The van der Waals surface area contributed by atoms with E-state index in [1.807, 2.05) is 44.2 Å². The van der Waals surface area contributed by atoms with Crippen LogP contribution in [-0.2, 0) is 5.54 Å². The number of phenolic OH excluding ortho intramolecular Hbond substituents is 2. The van der Waals surface area contributed by atoms with Crippen molar-refractivity contribution in [1.82, 2.24) is 4.90 Å². The molecule has 4 nitrogen and oxygen atoms in total. The van der Waals surface area contributed by atoms with Gasteiger partial charge in [-0.15, -0.1) is 0 Å². The van der Waals surface area contributed by atoms with Crippen LogP contribution in [0.1, 0.15) is 48.3 Å². The Morgan fingerprint density at radius 2 is 1.32 bits per heavy atom. The Morgan fingerprint density at radius 3 is 1.93 bits per heavy atom. The number of aromatic hydroxyl groups is 2. The molecule has 2 N–H and O–H groups in total. The van der Waals surface area contributed by atoms with Gasteiger partial charge in [0.25, 0.3) is 5.91 Å². The number of rotatable bonds is 2. The molecule has 1 unspecified atom stereocenters. The van der Waals surface area contributed by atoms with E-state index >= 15 is 0 Å². The first-order valence-corrected chi connectivity index (χ1v) is 9.02. The number of phenols is 2. The van der Waals surface area contributed by atoms with Crippen molar-refractivity contribution < 1.29 is 15.0 Å². The summed E-state index contributed by atoms with van der Waals surface area (Å²) in [5.74, 6) is 0.162. The highest BCUT2D eigenvalue weighted by Gasteiger charge is 2.51. The first-order valence-electron chi connectivity index (χ1n) is 9.02. The van der Waals surface area contributed by atoms with Crippen molar-refractivity contribution in [2.45, 2.75) is 26.8 Å². The van der Waals surface area contributed by atoms with E-state index in [1.54, 1.807) is 54.4 Å². The molecule has 1 heterocycles. The number of hydrogen-bond acceptors (Lipinski definition) is 3. The van der Waals surface area contributed by atoms with Gasteiger partial charge < -0.3 is 15.1 Å². The number of amides is 1. The van der Waals surface area contributed by atoms with Crippen molar-refractivity contribution in [2.75, 3.05) is 7.05 Å². The van der Waals surface area contributed by atoms with E-state index in [0.29, 0.717) is 11.1 Å². The maximum atomic E-state index is 12.9. The predicted octanol–water partition coefficient (Wildman–Crippen LogP) is 5.14. The van der Waals surface area contributed by atoms with Gasteiger partial charge in [-0.25, -0.2) is 0 Å². The van der Waals surface area contributed by atoms with Gasteiger partial charge >= 0.3 is 0 Å². The molecule has 0 aromatic heterocycles. The van der Waals surface area contributed by atoms with Crippen LogP contribution in [0.25, 0.3) is 0 Å². The largest absolute Gasteiger partial charge is 0.508 e. The van der Waals surface area contributed by atoms with Gasteiger partial charge in [0.2, 0.25) is 0 Å². The van der Waals surface area contributed by atoms with Gasteiger partial charge in [0.1, 0.15) is 17.0 Å². The Hall–Kier alpha value is -3.27. The Bertz CT molecular complexity index is 966. The molecule has 146 valence electrons. The zero-order valence-electron chi connectivity index (χ0n) is 15.7. The molecule has 4 rings (SSSR count). The smallest absolute Gasteiger partial charge is 0.255 e. The lowest BCUT2D eigenvalue weighted by Gasteiger charge is -2.38. The molecule has 28 heavy (non-hydrogen) atoms. The molecule has 1 amide bonds. The molecule has 0 aliphatic carbocycles. The molecule has 0 saturated carbocycles. The monoisotopic (exact) mass is 377 g/mol. The van der Waals surface area contributed by atoms with E-state index in [4.69, 9.17) is 0 Å².